The highest BCUT2D eigenvalue weighted by Crippen LogP contribution is 2.25. The van der Waals surface area contributed by atoms with Crippen molar-refractivity contribution >= 4 is 28.8 Å². The first-order valence-corrected chi connectivity index (χ1v) is 4.89. The van der Waals surface area contributed by atoms with Gasteiger partial charge in [0.05, 0.1) is 5.56 Å². The minimum absolute atomic E-state index is 0.420. The number of fused-ring (bicyclic) bond motifs is 1. The van der Waals surface area contributed by atoms with Crippen LogP contribution in [0.5, 0.6) is 0 Å². The van der Waals surface area contributed by atoms with E-state index in [0.29, 0.717) is 10.7 Å². The van der Waals surface area contributed by atoms with Crippen LogP contribution in [0.25, 0.3) is 10.9 Å². The first-order valence-electron chi connectivity index (χ1n) is 4.51. The van der Waals surface area contributed by atoms with Gasteiger partial charge in [0.2, 0.25) is 0 Å². The Balaban J connectivity index is 2.77. The molecular formula is C11H10ClNO. The lowest BCUT2D eigenvalue weighted by molar-refractivity contribution is 0.112. The van der Waals surface area contributed by atoms with E-state index < -0.39 is 0 Å². The Kier molecular flexibility index (Phi) is 2.30. The van der Waals surface area contributed by atoms with Gasteiger partial charge >= 0.3 is 0 Å². The number of aromatic nitrogens is 1. The molecule has 0 fully saturated rings. The van der Waals surface area contributed by atoms with Crippen molar-refractivity contribution in [1.29, 1.82) is 0 Å². The molecule has 0 bridgehead atoms. The fraction of sp³-hybridized carbons (Fsp3) is 0.182. The molecule has 2 aromatic rings. The maximum Gasteiger partial charge on any atom is 0.153 e. The minimum atomic E-state index is 0.420. The molecule has 1 aromatic carbocycles. The third-order valence-corrected chi connectivity index (χ3v) is 2.68. The van der Waals surface area contributed by atoms with Gasteiger partial charge in [-0.3, -0.25) is 4.79 Å². The average molecular weight is 208 g/mol. The van der Waals surface area contributed by atoms with Crippen molar-refractivity contribution in [2.45, 2.75) is 13.3 Å². The van der Waals surface area contributed by atoms with E-state index in [9.17, 15) is 4.79 Å². The molecule has 3 heteroatoms. The maximum atomic E-state index is 10.8. The molecule has 14 heavy (non-hydrogen) atoms. The van der Waals surface area contributed by atoms with Gasteiger partial charge in [0.1, 0.15) is 5.15 Å². The van der Waals surface area contributed by atoms with Crippen LogP contribution in [-0.2, 0) is 6.42 Å². The first kappa shape index (κ1) is 9.28. The summed E-state index contributed by atoms with van der Waals surface area (Å²) in [5, 5.41) is 1.33. The zero-order valence-electron chi connectivity index (χ0n) is 7.80. The van der Waals surface area contributed by atoms with E-state index in [1.807, 2.05) is 18.2 Å². The summed E-state index contributed by atoms with van der Waals surface area (Å²) in [5.74, 6) is 0. The van der Waals surface area contributed by atoms with Gasteiger partial charge in [-0.05, 0) is 24.1 Å². The second kappa shape index (κ2) is 3.46. The molecule has 0 spiro atoms. The minimum Gasteiger partial charge on any atom is -0.345 e. The van der Waals surface area contributed by atoms with Crippen LogP contribution in [0.4, 0.5) is 0 Å². The number of hydrogen-bond donors (Lipinski definition) is 1. The van der Waals surface area contributed by atoms with E-state index in [4.69, 9.17) is 11.6 Å². The lowest BCUT2D eigenvalue weighted by Gasteiger charge is -1.96. The van der Waals surface area contributed by atoms with Gasteiger partial charge in [0, 0.05) is 10.9 Å². The van der Waals surface area contributed by atoms with Gasteiger partial charge in [-0.25, -0.2) is 0 Å². The molecule has 1 N–H and O–H groups in total. The van der Waals surface area contributed by atoms with Crippen molar-refractivity contribution in [2.24, 2.45) is 0 Å². The Labute approximate surface area is 86.9 Å². The van der Waals surface area contributed by atoms with Crippen LogP contribution >= 0.6 is 11.6 Å². The summed E-state index contributed by atoms with van der Waals surface area (Å²) in [6, 6.07) is 5.98. The Hall–Kier alpha value is -1.28. The summed E-state index contributed by atoms with van der Waals surface area (Å²) < 4.78 is 0. The van der Waals surface area contributed by atoms with Crippen LogP contribution in [0.3, 0.4) is 0 Å². The van der Waals surface area contributed by atoms with Crippen molar-refractivity contribution in [3.05, 3.63) is 34.5 Å². The molecule has 0 atom stereocenters. The van der Waals surface area contributed by atoms with E-state index >= 15 is 0 Å². The van der Waals surface area contributed by atoms with Gasteiger partial charge in [0.25, 0.3) is 0 Å². The van der Waals surface area contributed by atoms with Crippen LogP contribution in [0.15, 0.2) is 18.2 Å². The maximum absolute atomic E-state index is 10.8. The SMILES string of the molecule is CCc1ccc2[nH]c(Cl)c(C=O)c2c1. The molecule has 0 amide bonds. The fourth-order valence-corrected chi connectivity index (χ4v) is 1.81. The van der Waals surface area contributed by atoms with Crippen molar-refractivity contribution in [3.8, 4) is 0 Å². The summed E-state index contributed by atoms with van der Waals surface area (Å²) in [7, 11) is 0. The number of halogens is 1. The van der Waals surface area contributed by atoms with Crippen molar-refractivity contribution in [1.82, 2.24) is 4.98 Å². The molecule has 1 heterocycles. The quantitative estimate of drug-likeness (QED) is 0.754. The van der Waals surface area contributed by atoms with Crippen LogP contribution in [-0.4, -0.2) is 11.3 Å². The Morgan fingerprint density at radius 2 is 2.29 bits per heavy atom. The smallest absolute Gasteiger partial charge is 0.153 e. The van der Waals surface area contributed by atoms with E-state index in [0.717, 1.165) is 23.6 Å². The van der Waals surface area contributed by atoms with Gasteiger partial charge in [0.15, 0.2) is 6.29 Å². The molecule has 0 aliphatic carbocycles. The number of benzene rings is 1. The molecule has 0 aliphatic heterocycles. The average Bonchev–Trinajstić information content (AvgIpc) is 2.52. The Bertz CT molecular complexity index is 487. The van der Waals surface area contributed by atoms with Crippen molar-refractivity contribution in [2.75, 3.05) is 0 Å². The van der Waals surface area contributed by atoms with Crippen molar-refractivity contribution < 1.29 is 4.79 Å². The van der Waals surface area contributed by atoms with Crippen molar-refractivity contribution in [3.63, 3.8) is 0 Å². The largest absolute Gasteiger partial charge is 0.345 e. The third-order valence-electron chi connectivity index (χ3n) is 2.38. The first-order chi connectivity index (χ1) is 6.76. The molecule has 0 saturated heterocycles. The highest BCUT2D eigenvalue weighted by Gasteiger charge is 2.08. The summed E-state index contributed by atoms with van der Waals surface area (Å²) in [6.45, 7) is 2.08. The number of H-pyrrole nitrogens is 1. The molecule has 72 valence electrons. The number of rotatable bonds is 2. The van der Waals surface area contributed by atoms with Crippen LogP contribution in [0.2, 0.25) is 5.15 Å². The molecular weight excluding hydrogens is 198 g/mol. The van der Waals surface area contributed by atoms with Gasteiger partial charge in [-0.15, -0.1) is 0 Å². The molecule has 1 aromatic heterocycles. The second-order valence-electron chi connectivity index (χ2n) is 3.20. The lowest BCUT2D eigenvalue weighted by atomic mass is 10.1. The zero-order valence-corrected chi connectivity index (χ0v) is 8.56. The Morgan fingerprint density at radius 3 is 2.93 bits per heavy atom. The van der Waals surface area contributed by atoms with E-state index in [1.165, 1.54) is 5.56 Å². The topological polar surface area (TPSA) is 32.9 Å². The standard InChI is InChI=1S/C11H10ClNO/c1-2-7-3-4-10-8(5-7)9(6-14)11(12)13-10/h3-6,13H,2H2,1H3. The van der Waals surface area contributed by atoms with E-state index in [2.05, 4.69) is 11.9 Å². The number of aryl methyl sites for hydroxylation is 1. The highest BCUT2D eigenvalue weighted by molar-refractivity contribution is 6.34. The van der Waals surface area contributed by atoms with Gasteiger partial charge in [-0.1, -0.05) is 24.6 Å². The summed E-state index contributed by atoms with van der Waals surface area (Å²) >= 11 is 5.88. The molecule has 0 unspecified atom stereocenters. The number of nitrogens with one attached hydrogen (secondary N) is 1. The van der Waals surface area contributed by atoms with Crippen LogP contribution < -0.4 is 0 Å². The molecule has 0 aliphatic rings. The van der Waals surface area contributed by atoms with Crippen LogP contribution in [0, 0.1) is 0 Å². The zero-order chi connectivity index (χ0) is 10.1. The van der Waals surface area contributed by atoms with Gasteiger partial charge < -0.3 is 4.98 Å². The third kappa shape index (κ3) is 1.32. The summed E-state index contributed by atoms with van der Waals surface area (Å²) in [6.07, 6.45) is 1.75. The predicted molar refractivity (Wildman–Crippen MR) is 58.1 cm³/mol. The number of carbonyl (C=O) groups excluding carboxylic acids is 1. The number of hydrogen-bond acceptors (Lipinski definition) is 1. The predicted octanol–water partition coefficient (Wildman–Crippen LogP) is 3.20. The Morgan fingerprint density at radius 1 is 1.50 bits per heavy atom. The van der Waals surface area contributed by atoms with E-state index in [1.54, 1.807) is 0 Å². The monoisotopic (exact) mass is 207 g/mol. The van der Waals surface area contributed by atoms with Gasteiger partial charge in [-0.2, -0.15) is 0 Å². The molecule has 2 nitrogen and oxygen atoms in total. The number of aromatic amines is 1. The fourth-order valence-electron chi connectivity index (χ4n) is 1.56. The highest BCUT2D eigenvalue weighted by atomic mass is 35.5. The second-order valence-corrected chi connectivity index (χ2v) is 3.58. The lowest BCUT2D eigenvalue weighted by Crippen LogP contribution is -1.81. The molecule has 0 radical (unpaired) electrons. The normalized spacial score (nSPS) is 10.7. The molecule has 0 saturated carbocycles. The number of carbonyl (C=O) groups is 1. The number of aldehydes is 1. The van der Waals surface area contributed by atoms with E-state index in [-0.39, 0.29) is 0 Å². The molecule has 2 rings (SSSR count). The summed E-state index contributed by atoms with van der Waals surface area (Å²) in [4.78, 5) is 13.8. The van der Waals surface area contributed by atoms with Crippen LogP contribution in [0.1, 0.15) is 22.8 Å². The summed E-state index contributed by atoms with van der Waals surface area (Å²) in [5.41, 5.74) is 2.67.